The topological polar surface area (TPSA) is 63.2 Å². The molecule has 0 saturated carbocycles. The minimum absolute atomic E-state index is 0.297. The van der Waals surface area contributed by atoms with E-state index in [0.29, 0.717) is 0 Å². The molecular weight excluding hydrogens is 290 g/mol. The number of rotatable bonds is 3. The van der Waals surface area contributed by atoms with Gasteiger partial charge in [-0.15, -0.1) is 0 Å². The molecule has 5 heteroatoms. The number of carbonyl (C=O) groups is 1. The number of amides is 2. The lowest BCUT2D eigenvalue weighted by molar-refractivity contribution is 0.262. The number of urea groups is 1. The quantitative estimate of drug-likeness (QED) is 0.762. The zero-order valence-electron chi connectivity index (χ0n) is 13.0. The lowest BCUT2D eigenvalue weighted by atomic mass is 10.2. The van der Waals surface area contributed by atoms with E-state index in [-0.39, 0.29) is 6.03 Å². The maximum absolute atomic E-state index is 12.3. The van der Waals surface area contributed by atoms with Crippen LogP contribution in [0.5, 0.6) is 5.75 Å². The molecule has 0 aliphatic rings. The highest BCUT2D eigenvalue weighted by Crippen LogP contribution is 2.23. The number of hydrogen-bond acceptors (Lipinski definition) is 3. The molecule has 0 unspecified atom stereocenters. The molecular formula is C18H17N3O2. The van der Waals surface area contributed by atoms with Crippen LogP contribution in [-0.4, -0.2) is 18.1 Å². The van der Waals surface area contributed by atoms with Crippen LogP contribution in [0.4, 0.5) is 16.2 Å². The monoisotopic (exact) mass is 307 g/mol. The van der Waals surface area contributed by atoms with Crippen LogP contribution in [0.2, 0.25) is 0 Å². The number of para-hydroxylation sites is 1. The van der Waals surface area contributed by atoms with E-state index in [2.05, 4.69) is 15.6 Å². The number of nitrogens with zero attached hydrogens (tertiary/aromatic N) is 1. The standard InChI is InChI=1S/C18H17N3O2/c1-12-11-13(23-2)7-8-15(12)20-18(22)21-17-9-10-19-16-6-4-3-5-14(16)17/h3-11H,1-2H3,(H2,19,20,21,22). The van der Waals surface area contributed by atoms with Gasteiger partial charge in [0.2, 0.25) is 0 Å². The Morgan fingerprint density at radius 2 is 1.83 bits per heavy atom. The molecule has 0 saturated heterocycles. The fourth-order valence-electron chi connectivity index (χ4n) is 2.38. The summed E-state index contributed by atoms with van der Waals surface area (Å²) < 4.78 is 5.16. The van der Waals surface area contributed by atoms with Gasteiger partial charge in [-0.05, 0) is 42.8 Å². The molecule has 23 heavy (non-hydrogen) atoms. The van der Waals surface area contributed by atoms with Crippen molar-refractivity contribution >= 4 is 28.3 Å². The van der Waals surface area contributed by atoms with Crippen LogP contribution in [0, 0.1) is 6.92 Å². The van der Waals surface area contributed by atoms with E-state index < -0.39 is 0 Å². The number of anilines is 2. The molecule has 0 atom stereocenters. The number of aromatic nitrogens is 1. The predicted molar refractivity (Wildman–Crippen MR) is 92.1 cm³/mol. The van der Waals surface area contributed by atoms with Crippen LogP contribution in [0.25, 0.3) is 10.9 Å². The average Bonchev–Trinajstić information content (AvgIpc) is 2.57. The van der Waals surface area contributed by atoms with Crippen molar-refractivity contribution in [3.63, 3.8) is 0 Å². The molecule has 2 aromatic carbocycles. The Labute approximate surface area is 134 Å². The predicted octanol–water partition coefficient (Wildman–Crippen LogP) is 4.20. The number of benzene rings is 2. The molecule has 0 fully saturated rings. The van der Waals surface area contributed by atoms with Crippen molar-refractivity contribution in [2.45, 2.75) is 6.92 Å². The van der Waals surface area contributed by atoms with E-state index in [0.717, 1.165) is 33.6 Å². The van der Waals surface area contributed by atoms with Gasteiger partial charge in [0.05, 0.1) is 18.3 Å². The van der Waals surface area contributed by atoms with E-state index in [4.69, 9.17) is 4.74 Å². The van der Waals surface area contributed by atoms with E-state index in [1.165, 1.54) is 0 Å². The molecule has 3 rings (SSSR count). The summed E-state index contributed by atoms with van der Waals surface area (Å²) in [5.41, 5.74) is 3.23. The Hall–Kier alpha value is -3.08. The third-order valence-electron chi connectivity index (χ3n) is 3.58. The van der Waals surface area contributed by atoms with E-state index in [1.54, 1.807) is 19.4 Å². The molecule has 5 nitrogen and oxygen atoms in total. The van der Waals surface area contributed by atoms with Crippen molar-refractivity contribution in [1.82, 2.24) is 4.98 Å². The number of hydrogen-bond donors (Lipinski definition) is 2. The van der Waals surface area contributed by atoms with Crippen molar-refractivity contribution < 1.29 is 9.53 Å². The minimum Gasteiger partial charge on any atom is -0.497 e. The van der Waals surface area contributed by atoms with Gasteiger partial charge in [-0.25, -0.2) is 4.79 Å². The van der Waals surface area contributed by atoms with Crippen molar-refractivity contribution in [2.75, 3.05) is 17.7 Å². The van der Waals surface area contributed by atoms with Gasteiger partial charge in [-0.3, -0.25) is 4.98 Å². The fraction of sp³-hybridized carbons (Fsp3) is 0.111. The van der Waals surface area contributed by atoms with Crippen LogP contribution in [0.15, 0.2) is 54.7 Å². The summed E-state index contributed by atoms with van der Waals surface area (Å²) >= 11 is 0. The van der Waals surface area contributed by atoms with E-state index in [9.17, 15) is 4.79 Å². The van der Waals surface area contributed by atoms with E-state index in [1.807, 2.05) is 49.4 Å². The fourth-order valence-corrected chi connectivity index (χ4v) is 2.38. The molecule has 1 aromatic heterocycles. The van der Waals surface area contributed by atoms with Crippen LogP contribution in [-0.2, 0) is 0 Å². The molecule has 0 aliphatic carbocycles. The minimum atomic E-state index is -0.297. The number of aryl methyl sites for hydroxylation is 1. The van der Waals surface area contributed by atoms with Gasteiger partial charge in [-0.1, -0.05) is 18.2 Å². The third kappa shape index (κ3) is 3.23. The number of methoxy groups -OCH3 is 1. The second kappa shape index (κ2) is 6.36. The summed E-state index contributed by atoms with van der Waals surface area (Å²) in [7, 11) is 1.61. The first-order valence-electron chi connectivity index (χ1n) is 7.24. The van der Waals surface area contributed by atoms with E-state index >= 15 is 0 Å². The molecule has 1 heterocycles. The molecule has 0 spiro atoms. The van der Waals surface area contributed by atoms with Crippen molar-refractivity contribution in [3.05, 3.63) is 60.3 Å². The maximum Gasteiger partial charge on any atom is 0.323 e. The van der Waals surface area contributed by atoms with Gasteiger partial charge < -0.3 is 15.4 Å². The van der Waals surface area contributed by atoms with Gasteiger partial charge in [0, 0.05) is 17.3 Å². The average molecular weight is 307 g/mol. The van der Waals surface area contributed by atoms with Crippen molar-refractivity contribution in [1.29, 1.82) is 0 Å². The molecule has 0 aliphatic heterocycles. The molecule has 0 bridgehead atoms. The highest BCUT2D eigenvalue weighted by molar-refractivity contribution is 6.05. The summed E-state index contributed by atoms with van der Waals surface area (Å²) in [6.45, 7) is 1.92. The van der Waals surface area contributed by atoms with Gasteiger partial charge in [-0.2, -0.15) is 0 Å². The molecule has 0 radical (unpaired) electrons. The van der Waals surface area contributed by atoms with Crippen molar-refractivity contribution in [3.8, 4) is 5.75 Å². The van der Waals surface area contributed by atoms with Gasteiger partial charge in [0.1, 0.15) is 5.75 Å². The summed E-state index contributed by atoms with van der Waals surface area (Å²) in [6, 6.07) is 14.7. The third-order valence-corrected chi connectivity index (χ3v) is 3.58. The number of carbonyl (C=O) groups excluding carboxylic acids is 1. The second-order valence-corrected chi connectivity index (χ2v) is 5.14. The Balaban J connectivity index is 1.79. The lowest BCUT2D eigenvalue weighted by Crippen LogP contribution is -2.20. The Morgan fingerprint density at radius 1 is 1.04 bits per heavy atom. The van der Waals surface area contributed by atoms with Crippen LogP contribution < -0.4 is 15.4 Å². The van der Waals surface area contributed by atoms with Crippen LogP contribution in [0.1, 0.15) is 5.56 Å². The molecule has 2 amide bonds. The zero-order valence-corrected chi connectivity index (χ0v) is 13.0. The Morgan fingerprint density at radius 3 is 2.61 bits per heavy atom. The number of fused-ring (bicyclic) bond motifs is 1. The van der Waals surface area contributed by atoms with Crippen molar-refractivity contribution in [2.24, 2.45) is 0 Å². The first-order valence-corrected chi connectivity index (χ1v) is 7.24. The van der Waals surface area contributed by atoms with Gasteiger partial charge >= 0.3 is 6.03 Å². The summed E-state index contributed by atoms with van der Waals surface area (Å²) in [5, 5.41) is 6.62. The Bertz CT molecular complexity index is 857. The van der Waals surface area contributed by atoms with Gasteiger partial charge in [0.25, 0.3) is 0 Å². The molecule has 2 N–H and O–H groups in total. The normalized spacial score (nSPS) is 10.3. The maximum atomic E-state index is 12.3. The van der Waals surface area contributed by atoms with Crippen LogP contribution in [0.3, 0.4) is 0 Å². The molecule has 3 aromatic rings. The van der Waals surface area contributed by atoms with Gasteiger partial charge in [0.15, 0.2) is 0 Å². The lowest BCUT2D eigenvalue weighted by Gasteiger charge is -2.12. The summed E-state index contributed by atoms with van der Waals surface area (Å²) in [4.78, 5) is 16.5. The first-order chi connectivity index (χ1) is 11.2. The highest BCUT2D eigenvalue weighted by Gasteiger charge is 2.08. The number of pyridine rings is 1. The first kappa shape index (κ1) is 14.8. The van der Waals surface area contributed by atoms with Crippen LogP contribution >= 0.6 is 0 Å². The SMILES string of the molecule is COc1ccc(NC(=O)Nc2ccnc3ccccc23)c(C)c1. The highest BCUT2D eigenvalue weighted by atomic mass is 16.5. The number of ether oxygens (including phenoxy) is 1. The zero-order chi connectivity index (χ0) is 16.2. The smallest absolute Gasteiger partial charge is 0.323 e. The summed E-state index contributed by atoms with van der Waals surface area (Å²) in [5.74, 6) is 0.758. The largest absolute Gasteiger partial charge is 0.497 e. The number of nitrogens with one attached hydrogen (secondary N) is 2. The molecule has 116 valence electrons. The second-order valence-electron chi connectivity index (χ2n) is 5.14. The Kier molecular flexibility index (Phi) is 4.10. The summed E-state index contributed by atoms with van der Waals surface area (Å²) in [6.07, 6.45) is 1.68.